The Bertz CT molecular complexity index is 625. The van der Waals surface area contributed by atoms with Gasteiger partial charge in [-0.25, -0.2) is 9.97 Å². The summed E-state index contributed by atoms with van der Waals surface area (Å²) >= 11 is 0. The van der Waals surface area contributed by atoms with Crippen molar-refractivity contribution in [2.24, 2.45) is 5.16 Å². The molecule has 1 aliphatic carbocycles. The summed E-state index contributed by atoms with van der Waals surface area (Å²) in [5, 5.41) is 12.6. The molecule has 0 saturated carbocycles. The van der Waals surface area contributed by atoms with Gasteiger partial charge in [0.05, 0.1) is 11.4 Å². The molecule has 19 heavy (non-hydrogen) atoms. The number of oxime groups is 1. The van der Waals surface area contributed by atoms with Crippen LogP contribution >= 0.6 is 0 Å². The number of nitrogen functional groups attached to an aromatic ring is 1. The van der Waals surface area contributed by atoms with E-state index in [9.17, 15) is 5.21 Å². The Balaban J connectivity index is 2.02. The number of hydrogen-bond acceptors (Lipinski definition) is 5. The van der Waals surface area contributed by atoms with Crippen molar-refractivity contribution < 1.29 is 5.21 Å². The molecule has 1 heterocycles. The van der Waals surface area contributed by atoms with E-state index in [4.69, 9.17) is 5.73 Å². The van der Waals surface area contributed by atoms with Crippen LogP contribution in [0.3, 0.4) is 0 Å². The molecule has 0 amide bonds. The van der Waals surface area contributed by atoms with Gasteiger partial charge in [0.25, 0.3) is 0 Å². The third kappa shape index (κ3) is 2.14. The second-order valence-corrected chi connectivity index (χ2v) is 4.65. The van der Waals surface area contributed by atoms with Gasteiger partial charge in [-0.2, -0.15) is 0 Å². The lowest BCUT2D eigenvalue weighted by atomic mass is 9.82. The minimum atomic E-state index is 0.254. The highest BCUT2D eigenvalue weighted by molar-refractivity contribution is 6.02. The zero-order valence-electron chi connectivity index (χ0n) is 10.3. The third-order valence-electron chi connectivity index (χ3n) is 3.47. The van der Waals surface area contributed by atoms with Crippen molar-refractivity contribution in [2.45, 2.75) is 18.8 Å². The van der Waals surface area contributed by atoms with Gasteiger partial charge in [-0.05, 0) is 17.9 Å². The average Bonchev–Trinajstić information content (AvgIpc) is 2.46. The smallest absolute Gasteiger partial charge is 0.220 e. The van der Waals surface area contributed by atoms with Crippen LogP contribution in [-0.2, 0) is 6.42 Å². The first-order chi connectivity index (χ1) is 9.28. The molecule has 5 heteroatoms. The van der Waals surface area contributed by atoms with Gasteiger partial charge in [0.2, 0.25) is 5.95 Å². The molecule has 5 nitrogen and oxygen atoms in total. The summed E-state index contributed by atoms with van der Waals surface area (Å²) in [6, 6.07) is 10.2. The molecule has 2 aromatic rings. The molecule has 96 valence electrons. The van der Waals surface area contributed by atoms with E-state index in [1.165, 1.54) is 5.56 Å². The molecule has 0 radical (unpaired) electrons. The second kappa shape index (κ2) is 4.68. The summed E-state index contributed by atoms with van der Waals surface area (Å²) in [6.07, 6.45) is 3.10. The predicted molar refractivity (Wildman–Crippen MR) is 72.3 cm³/mol. The van der Waals surface area contributed by atoms with E-state index in [1.54, 1.807) is 6.20 Å². The van der Waals surface area contributed by atoms with Gasteiger partial charge < -0.3 is 10.9 Å². The number of anilines is 1. The number of hydrogen-bond donors (Lipinski definition) is 2. The third-order valence-corrected chi connectivity index (χ3v) is 3.47. The Hall–Kier alpha value is -2.43. The van der Waals surface area contributed by atoms with E-state index in [2.05, 4.69) is 27.3 Å². The Morgan fingerprint density at radius 2 is 2.00 bits per heavy atom. The molecule has 0 spiro atoms. The Morgan fingerprint density at radius 3 is 2.74 bits per heavy atom. The van der Waals surface area contributed by atoms with Gasteiger partial charge >= 0.3 is 0 Å². The van der Waals surface area contributed by atoms with Crippen molar-refractivity contribution in [3.63, 3.8) is 0 Å². The first-order valence-corrected chi connectivity index (χ1v) is 6.15. The molecule has 0 saturated heterocycles. The standard InChI is InChI=1S/C14H14N4O/c15-14-16-8-11-12(17-14)6-10(7-13(11)18-19)9-4-2-1-3-5-9/h1-5,8,10,19H,6-7H2,(H2,15,16,17)/b18-13-. The molecule has 0 aliphatic heterocycles. The summed E-state index contributed by atoms with van der Waals surface area (Å²) in [5.74, 6) is 0.513. The lowest BCUT2D eigenvalue weighted by molar-refractivity contribution is 0.316. The van der Waals surface area contributed by atoms with Gasteiger partial charge in [-0.3, -0.25) is 0 Å². The van der Waals surface area contributed by atoms with Crippen LogP contribution in [-0.4, -0.2) is 20.9 Å². The zero-order chi connectivity index (χ0) is 13.2. The van der Waals surface area contributed by atoms with Gasteiger partial charge in [-0.15, -0.1) is 0 Å². The maximum atomic E-state index is 9.17. The highest BCUT2D eigenvalue weighted by Crippen LogP contribution is 2.31. The highest BCUT2D eigenvalue weighted by Gasteiger charge is 2.26. The zero-order valence-corrected chi connectivity index (χ0v) is 10.3. The number of nitrogens with zero attached hydrogens (tertiary/aromatic N) is 3. The lowest BCUT2D eigenvalue weighted by Crippen LogP contribution is -2.22. The van der Waals surface area contributed by atoms with Crippen LogP contribution < -0.4 is 5.73 Å². The van der Waals surface area contributed by atoms with Crippen molar-refractivity contribution in [3.05, 3.63) is 53.3 Å². The fourth-order valence-corrected chi connectivity index (χ4v) is 2.53. The number of rotatable bonds is 1. The summed E-state index contributed by atoms with van der Waals surface area (Å²) in [7, 11) is 0. The number of aromatic nitrogens is 2. The molecule has 1 atom stereocenters. The number of benzene rings is 1. The monoisotopic (exact) mass is 254 g/mol. The van der Waals surface area contributed by atoms with Crippen LogP contribution in [0.4, 0.5) is 5.95 Å². The first kappa shape index (κ1) is 11.6. The summed E-state index contributed by atoms with van der Waals surface area (Å²) < 4.78 is 0. The van der Waals surface area contributed by atoms with Gasteiger partial charge in [0, 0.05) is 18.2 Å². The SMILES string of the molecule is Nc1ncc2c(n1)CC(c1ccccc1)C/C2=N/O. The predicted octanol–water partition coefficient (Wildman–Crippen LogP) is 1.97. The molecule has 1 aromatic carbocycles. The summed E-state index contributed by atoms with van der Waals surface area (Å²) in [5.41, 5.74) is 9.11. The number of fused-ring (bicyclic) bond motifs is 1. The van der Waals surface area contributed by atoms with Crippen molar-refractivity contribution in [1.82, 2.24) is 9.97 Å². The van der Waals surface area contributed by atoms with E-state index in [0.717, 1.165) is 17.7 Å². The molecule has 3 N–H and O–H groups in total. The minimum absolute atomic E-state index is 0.254. The van der Waals surface area contributed by atoms with E-state index in [-0.39, 0.29) is 11.9 Å². The fraction of sp³-hybridized carbons (Fsp3) is 0.214. The van der Waals surface area contributed by atoms with Crippen LogP contribution in [0.2, 0.25) is 0 Å². The van der Waals surface area contributed by atoms with Crippen molar-refractivity contribution >= 4 is 11.7 Å². The topological polar surface area (TPSA) is 84.4 Å². The molecular formula is C14H14N4O. The van der Waals surface area contributed by atoms with Crippen LogP contribution in [0.1, 0.15) is 29.2 Å². The van der Waals surface area contributed by atoms with Crippen LogP contribution in [0.25, 0.3) is 0 Å². The van der Waals surface area contributed by atoms with Crippen molar-refractivity contribution in [3.8, 4) is 0 Å². The molecule has 1 unspecified atom stereocenters. The van der Waals surface area contributed by atoms with E-state index in [1.807, 2.05) is 18.2 Å². The quantitative estimate of drug-likeness (QED) is 0.602. The van der Waals surface area contributed by atoms with Crippen molar-refractivity contribution in [2.75, 3.05) is 5.73 Å². The molecule has 1 aromatic heterocycles. The maximum absolute atomic E-state index is 9.17. The van der Waals surface area contributed by atoms with Crippen molar-refractivity contribution in [1.29, 1.82) is 0 Å². The van der Waals surface area contributed by atoms with Crippen LogP contribution in [0.15, 0.2) is 41.7 Å². The average molecular weight is 254 g/mol. The summed E-state index contributed by atoms with van der Waals surface area (Å²) in [4.78, 5) is 8.23. The van der Waals surface area contributed by atoms with Crippen LogP contribution in [0.5, 0.6) is 0 Å². The lowest BCUT2D eigenvalue weighted by Gasteiger charge is -2.24. The minimum Gasteiger partial charge on any atom is -0.411 e. The van der Waals surface area contributed by atoms with Crippen LogP contribution in [0, 0.1) is 0 Å². The highest BCUT2D eigenvalue weighted by atomic mass is 16.4. The van der Waals surface area contributed by atoms with E-state index < -0.39 is 0 Å². The largest absolute Gasteiger partial charge is 0.411 e. The van der Waals surface area contributed by atoms with E-state index >= 15 is 0 Å². The second-order valence-electron chi connectivity index (χ2n) is 4.65. The van der Waals surface area contributed by atoms with E-state index in [0.29, 0.717) is 12.1 Å². The van der Waals surface area contributed by atoms with Gasteiger partial charge in [0.15, 0.2) is 0 Å². The van der Waals surface area contributed by atoms with Gasteiger partial charge in [0.1, 0.15) is 0 Å². The normalized spacial score (nSPS) is 20.2. The Morgan fingerprint density at radius 1 is 1.21 bits per heavy atom. The maximum Gasteiger partial charge on any atom is 0.220 e. The molecule has 0 bridgehead atoms. The molecule has 3 rings (SSSR count). The van der Waals surface area contributed by atoms with Gasteiger partial charge in [-0.1, -0.05) is 35.5 Å². The Kier molecular flexibility index (Phi) is 2.87. The fourth-order valence-electron chi connectivity index (χ4n) is 2.53. The molecule has 0 fully saturated rings. The Labute approximate surface area is 110 Å². The first-order valence-electron chi connectivity index (χ1n) is 6.15. The molecular weight excluding hydrogens is 240 g/mol. The summed E-state index contributed by atoms with van der Waals surface area (Å²) in [6.45, 7) is 0. The molecule has 1 aliphatic rings. The number of nitrogens with two attached hydrogens (primary N) is 1.